The highest BCUT2D eigenvalue weighted by atomic mass is 32.1. The molecule has 0 unspecified atom stereocenters. The first-order valence-corrected chi connectivity index (χ1v) is 8.37. The molecule has 0 spiro atoms. The molecule has 0 aliphatic heterocycles. The van der Waals surface area contributed by atoms with Gasteiger partial charge in [-0.15, -0.1) is 10.2 Å². The molecule has 21 heavy (non-hydrogen) atoms. The Hall–Kier alpha value is -1.69. The van der Waals surface area contributed by atoms with Crippen LogP contribution in [0.1, 0.15) is 43.9 Å². The van der Waals surface area contributed by atoms with Gasteiger partial charge in [0.1, 0.15) is 0 Å². The van der Waals surface area contributed by atoms with Crippen LogP contribution in [-0.4, -0.2) is 14.8 Å². The lowest BCUT2D eigenvalue weighted by molar-refractivity contribution is 0.549. The molecule has 0 saturated heterocycles. The number of hydrogen-bond acceptors (Lipinski definition) is 5. The van der Waals surface area contributed by atoms with Gasteiger partial charge in [-0.2, -0.15) is 0 Å². The number of aromatic nitrogens is 3. The average molecular weight is 304 g/mol. The molecular weight excluding hydrogens is 284 g/mol. The van der Waals surface area contributed by atoms with Crippen LogP contribution in [0.5, 0.6) is 0 Å². The van der Waals surface area contributed by atoms with E-state index in [0.717, 1.165) is 32.2 Å². The molecule has 3 rings (SSSR count). The van der Waals surface area contributed by atoms with Crippen molar-refractivity contribution in [2.45, 2.75) is 52.0 Å². The van der Waals surface area contributed by atoms with Crippen LogP contribution in [0, 0.1) is 0 Å². The van der Waals surface area contributed by atoms with Crippen LogP contribution in [0.4, 0.5) is 5.13 Å². The molecule has 2 aromatic heterocycles. The summed E-state index contributed by atoms with van der Waals surface area (Å²) < 4.78 is 1.96. The molecule has 2 aromatic rings. The summed E-state index contributed by atoms with van der Waals surface area (Å²) in [5.74, 6) is 0. The maximum atomic E-state index is 12.8. The van der Waals surface area contributed by atoms with E-state index in [2.05, 4.69) is 17.1 Å². The second-order valence-electron chi connectivity index (χ2n) is 5.49. The summed E-state index contributed by atoms with van der Waals surface area (Å²) in [7, 11) is 0. The van der Waals surface area contributed by atoms with Gasteiger partial charge >= 0.3 is 0 Å². The van der Waals surface area contributed by atoms with Crippen LogP contribution in [0.3, 0.4) is 0 Å². The van der Waals surface area contributed by atoms with Crippen LogP contribution in [0.15, 0.2) is 10.9 Å². The van der Waals surface area contributed by atoms with Gasteiger partial charge in [-0.05, 0) is 43.7 Å². The maximum absolute atomic E-state index is 12.8. The standard InChI is InChI=1S/C15H20N4OS/c1-2-3-8-19-12-7-5-4-6-10(12)9-11(14(19)20)13-17-18-15(16)21-13/h9H,2-8H2,1H3,(H2,16,18). The first-order chi connectivity index (χ1) is 10.2. The molecule has 0 bridgehead atoms. The van der Waals surface area contributed by atoms with Crippen molar-refractivity contribution < 1.29 is 0 Å². The molecule has 0 aromatic carbocycles. The lowest BCUT2D eigenvalue weighted by Crippen LogP contribution is -2.28. The van der Waals surface area contributed by atoms with Gasteiger partial charge in [-0.3, -0.25) is 4.79 Å². The minimum absolute atomic E-state index is 0.0558. The zero-order chi connectivity index (χ0) is 14.8. The van der Waals surface area contributed by atoms with Gasteiger partial charge in [0.2, 0.25) is 5.13 Å². The molecule has 1 aliphatic carbocycles. The predicted molar refractivity (Wildman–Crippen MR) is 85.6 cm³/mol. The molecule has 6 heteroatoms. The number of pyridine rings is 1. The molecule has 0 atom stereocenters. The number of rotatable bonds is 4. The van der Waals surface area contributed by atoms with E-state index >= 15 is 0 Å². The maximum Gasteiger partial charge on any atom is 0.261 e. The quantitative estimate of drug-likeness (QED) is 0.942. The monoisotopic (exact) mass is 304 g/mol. The Balaban J connectivity index is 2.15. The number of nitrogens with zero attached hydrogens (tertiary/aromatic N) is 3. The Morgan fingerprint density at radius 1 is 1.33 bits per heavy atom. The number of hydrogen-bond donors (Lipinski definition) is 1. The Morgan fingerprint density at radius 2 is 2.14 bits per heavy atom. The highest BCUT2D eigenvalue weighted by Gasteiger charge is 2.20. The van der Waals surface area contributed by atoms with Crippen molar-refractivity contribution in [2.24, 2.45) is 0 Å². The summed E-state index contributed by atoms with van der Waals surface area (Å²) in [4.78, 5) is 12.8. The Morgan fingerprint density at radius 3 is 2.86 bits per heavy atom. The summed E-state index contributed by atoms with van der Waals surface area (Å²) in [5.41, 5.74) is 8.88. The fraction of sp³-hybridized carbons (Fsp3) is 0.533. The van der Waals surface area contributed by atoms with Gasteiger partial charge in [-0.25, -0.2) is 0 Å². The number of nitrogens with two attached hydrogens (primary N) is 1. The molecular formula is C15H20N4OS. The third-order valence-corrected chi connectivity index (χ3v) is 4.79. The van der Waals surface area contributed by atoms with Crippen LogP contribution in [-0.2, 0) is 19.4 Å². The topological polar surface area (TPSA) is 73.8 Å². The third kappa shape index (κ3) is 2.72. The number of anilines is 1. The lowest BCUT2D eigenvalue weighted by atomic mass is 9.94. The van der Waals surface area contributed by atoms with Crippen molar-refractivity contribution in [3.63, 3.8) is 0 Å². The number of aryl methyl sites for hydroxylation is 1. The summed E-state index contributed by atoms with van der Waals surface area (Å²) >= 11 is 1.28. The van der Waals surface area contributed by atoms with Crippen molar-refractivity contribution in [2.75, 3.05) is 5.73 Å². The van der Waals surface area contributed by atoms with E-state index in [9.17, 15) is 4.79 Å². The van der Waals surface area contributed by atoms with Crippen LogP contribution in [0.2, 0.25) is 0 Å². The highest BCUT2D eigenvalue weighted by Crippen LogP contribution is 2.27. The molecule has 0 fully saturated rings. The lowest BCUT2D eigenvalue weighted by Gasteiger charge is -2.22. The zero-order valence-corrected chi connectivity index (χ0v) is 13.1. The van der Waals surface area contributed by atoms with E-state index in [4.69, 9.17) is 5.73 Å². The van der Waals surface area contributed by atoms with Crippen molar-refractivity contribution in [1.82, 2.24) is 14.8 Å². The van der Waals surface area contributed by atoms with E-state index in [0.29, 0.717) is 15.7 Å². The van der Waals surface area contributed by atoms with Gasteiger partial charge < -0.3 is 10.3 Å². The van der Waals surface area contributed by atoms with Gasteiger partial charge in [-0.1, -0.05) is 24.7 Å². The molecule has 0 saturated carbocycles. The zero-order valence-electron chi connectivity index (χ0n) is 12.3. The summed E-state index contributed by atoms with van der Waals surface area (Å²) in [6.07, 6.45) is 6.52. The number of unbranched alkanes of at least 4 members (excludes halogenated alkanes) is 1. The molecule has 2 heterocycles. The second kappa shape index (κ2) is 5.97. The SMILES string of the molecule is CCCCn1c2c(cc(-c3nnc(N)s3)c1=O)CCCC2. The second-order valence-corrected chi connectivity index (χ2v) is 6.50. The summed E-state index contributed by atoms with van der Waals surface area (Å²) in [5, 5.41) is 8.92. The van der Waals surface area contributed by atoms with Gasteiger partial charge in [0.15, 0.2) is 5.01 Å². The largest absolute Gasteiger partial charge is 0.374 e. The summed E-state index contributed by atoms with van der Waals surface area (Å²) in [6, 6.07) is 2.01. The molecule has 0 amide bonds. The molecule has 2 N–H and O–H groups in total. The fourth-order valence-electron chi connectivity index (χ4n) is 2.93. The van der Waals surface area contributed by atoms with E-state index in [1.54, 1.807) is 0 Å². The van der Waals surface area contributed by atoms with Gasteiger partial charge in [0.05, 0.1) is 5.56 Å². The Bertz CT molecular complexity index is 704. The fourth-order valence-corrected chi connectivity index (χ4v) is 3.55. The van der Waals surface area contributed by atoms with Crippen molar-refractivity contribution in [3.8, 4) is 10.6 Å². The van der Waals surface area contributed by atoms with Gasteiger partial charge in [0.25, 0.3) is 5.56 Å². The molecule has 0 radical (unpaired) electrons. The van der Waals surface area contributed by atoms with Crippen molar-refractivity contribution in [1.29, 1.82) is 0 Å². The normalized spacial score (nSPS) is 14.1. The first kappa shape index (κ1) is 14.3. The molecule has 112 valence electrons. The van der Waals surface area contributed by atoms with Crippen molar-refractivity contribution in [3.05, 3.63) is 27.7 Å². The van der Waals surface area contributed by atoms with Crippen LogP contribution >= 0.6 is 11.3 Å². The third-order valence-electron chi connectivity index (χ3n) is 4.01. The predicted octanol–water partition coefficient (Wildman–Crippen LogP) is 2.63. The molecule has 1 aliphatic rings. The molecule has 5 nitrogen and oxygen atoms in total. The van der Waals surface area contributed by atoms with Crippen LogP contribution < -0.4 is 11.3 Å². The van der Waals surface area contributed by atoms with Crippen molar-refractivity contribution >= 4 is 16.5 Å². The Kier molecular flexibility index (Phi) is 4.05. The number of fused-ring (bicyclic) bond motifs is 1. The minimum atomic E-state index is 0.0558. The minimum Gasteiger partial charge on any atom is -0.374 e. The van der Waals surface area contributed by atoms with Crippen LogP contribution in [0.25, 0.3) is 10.6 Å². The van der Waals surface area contributed by atoms with E-state index in [-0.39, 0.29) is 5.56 Å². The Labute approximate surface area is 127 Å². The average Bonchev–Trinajstić information content (AvgIpc) is 2.92. The smallest absolute Gasteiger partial charge is 0.261 e. The highest BCUT2D eigenvalue weighted by molar-refractivity contribution is 7.18. The van der Waals surface area contributed by atoms with E-state index in [1.807, 2.05) is 10.6 Å². The first-order valence-electron chi connectivity index (χ1n) is 7.55. The van der Waals surface area contributed by atoms with Gasteiger partial charge in [0, 0.05) is 12.2 Å². The van der Waals surface area contributed by atoms with E-state index < -0.39 is 0 Å². The van der Waals surface area contributed by atoms with E-state index in [1.165, 1.54) is 35.4 Å². The number of nitrogen functional groups attached to an aromatic ring is 1. The summed E-state index contributed by atoms with van der Waals surface area (Å²) in [6.45, 7) is 2.94.